The first-order valence-corrected chi connectivity index (χ1v) is 13.6. The average Bonchev–Trinajstić information content (AvgIpc) is 3.41. The highest BCUT2D eigenvalue weighted by molar-refractivity contribution is 7.98. The van der Waals surface area contributed by atoms with Gasteiger partial charge in [-0.2, -0.15) is 0 Å². The Morgan fingerprint density at radius 3 is 2.50 bits per heavy atom. The maximum absolute atomic E-state index is 13.6. The molecule has 5 nitrogen and oxygen atoms in total. The maximum Gasteiger partial charge on any atom is 0.262 e. The van der Waals surface area contributed by atoms with Crippen LogP contribution < -0.4 is 10.9 Å². The third-order valence-electron chi connectivity index (χ3n) is 6.83. The molecule has 36 heavy (non-hydrogen) atoms. The Morgan fingerprint density at radius 1 is 1.00 bits per heavy atom. The zero-order valence-electron chi connectivity index (χ0n) is 20.6. The maximum atomic E-state index is 13.6. The van der Waals surface area contributed by atoms with Gasteiger partial charge in [0.2, 0.25) is 0 Å². The van der Waals surface area contributed by atoms with Gasteiger partial charge in [0.25, 0.3) is 11.5 Å². The van der Waals surface area contributed by atoms with E-state index in [0.29, 0.717) is 33.9 Å². The molecule has 1 saturated carbocycles. The third kappa shape index (κ3) is 5.71. The van der Waals surface area contributed by atoms with E-state index in [2.05, 4.69) is 48.6 Å². The molecular formula is C30H31N3O2S. The summed E-state index contributed by atoms with van der Waals surface area (Å²) in [5, 5.41) is 4.35. The second-order valence-corrected chi connectivity index (χ2v) is 10.5. The molecule has 1 fully saturated rings. The van der Waals surface area contributed by atoms with Crippen LogP contribution in [0.4, 0.5) is 0 Å². The molecule has 0 spiro atoms. The summed E-state index contributed by atoms with van der Waals surface area (Å²) in [7, 11) is 0. The number of nitrogens with one attached hydrogen (secondary N) is 1. The molecule has 0 aliphatic heterocycles. The number of rotatable bonds is 8. The lowest BCUT2D eigenvalue weighted by Crippen LogP contribution is -2.32. The van der Waals surface area contributed by atoms with Crippen LogP contribution in [0.1, 0.15) is 52.7 Å². The molecule has 1 heterocycles. The highest BCUT2D eigenvalue weighted by Crippen LogP contribution is 2.24. The van der Waals surface area contributed by atoms with Gasteiger partial charge in [-0.15, -0.1) is 0 Å². The van der Waals surface area contributed by atoms with Crippen molar-refractivity contribution in [2.24, 2.45) is 0 Å². The Hall–Kier alpha value is -3.38. The number of hydrogen-bond donors (Lipinski definition) is 1. The van der Waals surface area contributed by atoms with Gasteiger partial charge in [0.1, 0.15) is 0 Å². The van der Waals surface area contributed by atoms with Crippen LogP contribution in [0, 0.1) is 6.92 Å². The molecule has 1 amide bonds. The second-order valence-electron chi connectivity index (χ2n) is 9.55. The molecule has 1 aliphatic rings. The highest BCUT2D eigenvalue weighted by atomic mass is 32.2. The highest BCUT2D eigenvalue weighted by Gasteiger charge is 2.19. The summed E-state index contributed by atoms with van der Waals surface area (Å²) in [4.78, 5) is 31.3. The van der Waals surface area contributed by atoms with Crippen molar-refractivity contribution >= 4 is 28.6 Å². The predicted molar refractivity (Wildman–Crippen MR) is 147 cm³/mol. The van der Waals surface area contributed by atoms with Crippen LogP contribution in [0.25, 0.3) is 10.9 Å². The van der Waals surface area contributed by atoms with Crippen LogP contribution in [0.3, 0.4) is 0 Å². The fraction of sp³-hybridized carbons (Fsp3) is 0.300. The van der Waals surface area contributed by atoms with E-state index in [-0.39, 0.29) is 17.5 Å². The topological polar surface area (TPSA) is 64.0 Å². The lowest BCUT2D eigenvalue weighted by molar-refractivity contribution is 0.0938. The van der Waals surface area contributed by atoms with Gasteiger partial charge >= 0.3 is 0 Å². The van der Waals surface area contributed by atoms with Crippen LogP contribution >= 0.6 is 11.8 Å². The van der Waals surface area contributed by atoms with Gasteiger partial charge in [-0.3, -0.25) is 14.2 Å². The monoisotopic (exact) mass is 497 g/mol. The summed E-state index contributed by atoms with van der Waals surface area (Å²) in [6.45, 7) is 2.62. The van der Waals surface area contributed by atoms with Crippen molar-refractivity contribution in [3.8, 4) is 0 Å². The molecule has 0 saturated heterocycles. The average molecular weight is 498 g/mol. The van der Waals surface area contributed by atoms with Crippen molar-refractivity contribution in [2.45, 2.75) is 62.5 Å². The Kier molecular flexibility index (Phi) is 7.52. The Bertz CT molecular complexity index is 1410. The van der Waals surface area contributed by atoms with Gasteiger partial charge in [-0.1, -0.05) is 84.8 Å². The van der Waals surface area contributed by atoms with E-state index < -0.39 is 0 Å². The van der Waals surface area contributed by atoms with Crippen molar-refractivity contribution in [2.75, 3.05) is 0 Å². The molecule has 0 atom stereocenters. The van der Waals surface area contributed by atoms with Crippen LogP contribution in [0.2, 0.25) is 0 Å². The lowest BCUT2D eigenvalue weighted by atomic mass is 10.1. The van der Waals surface area contributed by atoms with Gasteiger partial charge in [0, 0.05) is 23.9 Å². The molecule has 5 rings (SSSR count). The summed E-state index contributed by atoms with van der Waals surface area (Å²) in [5.74, 6) is 0.624. The van der Waals surface area contributed by atoms with Gasteiger partial charge in [-0.25, -0.2) is 4.98 Å². The predicted octanol–water partition coefficient (Wildman–Crippen LogP) is 5.91. The second kappa shape index (κ2) is 11.1. The van der Waals surface area contributed by atoms with Crippen molar-refractivity contribution in [3.63, 3.8) is 0 Å². The molecule has 6 heteroatoms. The van der Waals surface area contributed by atoms with E-state index >= 15 is 0 Å². The minimum absolute atomic E-state index is 0.0647. The van der Waals surface area contributed by atoms with E-state index in [1.807, 2.05) is 18.2 Å². The summed E-state index contributed by atoms with van der Waals surface area (Å²) in [6, 6.07) is 24.1. The summed E-state index contributed by atoms with van der Waals surface area (Å²) >= 11 is 1.56. The first kappa shape index (κ1) is 24.3. The van der Waals surface area contributed by atoms with E-state index in [4.69, 9.17) is 4.98 Å². The fourth-order valence-corrected chi connectivity index (χ4v) is 5.69. The molecule has 1 N–H and O–H groups in total. The first-order chi connectivity index (χ1) is 17.6. The van der Waals surface area contributed by atoms with Crippen molar-refractivity contribution in [1.29, 1.82) is 0 Å². The van der Waals surface area contributed by atoms with Gasteiger partial charge < -0.3 is 5.32 Å². The molecular weight excluding hydrogens is 466 g/mol. The molecule has 0 unspecified atom stereocenters. The van der Waals surface area contributed by atoms with E-state index in [9.17, 15) is 9.59 Å². The van der Waals surface area contributed by atoms with Crippen molar-refractivity contribution in [1.82, 2.24) is 14.9 Å². The van der Waals surface area contributed by atoms with Crippen LogP contribution in [0.15, 0.2) is 82.7 Å². The largest absolute Gasteiger partial charge is 0.349 e. The number of aromatic nitrogens is 2. The Labute approximate surface area is 216 Å². The Morgan fingerprint density at radius 2 is 1.75 bits per heavy atom. The van der Waals surface area contributed by atoms with Gasteiger partial charge in [0.15, 0.2) is 5.16 Å². The minimum atomic E-state index is -0.0901. The molecule has 1 aromatic heterocycles. The van der Waals surface area contributed by atoms with Crippen molar-refractivity contribution in [3.05, 3.63) is 105 Å². The molecule has 0 radical (unpaired) electrons. The Balaban J connectivity index is 1.46. The number of aryl methyl sites for hydroxylation is 2. The van der Waals surface area contributed by atoms with E-state index in [1.54, 1.807) is 34.5 Å². The summed E-state index contributed by atoms with van der Waals surface area (Å²) < 4.78 is 1.78. The zero-order chi connectivity index (χ0) is 24.9. The van der Waals surface area contributed by atoms with Crippen molar-refractivity contribution < 1.29 is 4.79 Å². The number of amides is 1. The number of hydrogen-bond acceptors (Lipinski definition) is 4. The molecule has 0 bridgehead atoms. The van der Waals surface area contributed by atoms with Crippen LogP contribution in [0.5, 0.6) is 0 Å². The normalized spacial score (nSPS) is 13.8. The number of thioether (sulfide) groups is 1. The fourth-order valence-electron chi connectivity index (χ4n) is 4.71. The molecule has 184 valence electrons. The van der Waals surface area contributed by atoms with E-state index in [0.717, 1.165) is 32.1 Å². The summed E-state index contributed by atoms with van der Waals surface area (Å²) in [6.07, 6.45) is 5.13. The van der Waals surface area contributed by atoms with Gasteiger partial charge in [0.05, 0.1) is 10.9 Å². The molecule has 3 aromatic carbocycles. The SMILES string of the molecule is Cc1ccc(CSc2nc3cc(C(=O)NC4CCCC4)ccc3c(=O)n2CCc2ccccc2)cc1. The number of fused-ring (bicyclic) bond motifs is 1. The number of nitrogens with zero attached hydrogens (tertiary/aromatic N) is 2. The summed E-state index contributed by atoms with van der Waals surface area (Å²) in [5.41, 5.74) is 4.64. The number of benzene rings is 3. The van der Waals surface area contributed by atoms with Crippen LogP contribution in [-0.2, 0) is 18.7 Å². The molecule has 4 aromatic rings. The smallest absolute Gasteiger partial charge is 0.262 e. The van der Waals surface area contributed by atoms with Crippen LogP contribution in [-0.4, -0.2) is 21.5 Å². The zero-order valence-corrected chi connectivity index (χ0v) is 21.4. The van der Waals surface area contributed by atoms with Gasteiger partial charge in [-0.05, 0) is 55.5 Å². The lowest BCUT2D eigenvalue weighted by Gasteiger charge is -2.15. The standard InChI is InChI=1S/C30H31N3O2S/c1-21-11-13-23(14-12-21)20-36-30-32-27-19-24(28(34)31-25-9-5-6-10-25)15-16-26(27)29(35)33(30)18-17-22-7-3-2-4-8-22/h2-4,7-8,11-16,19,25H,5-6,9-10,17-18,20H2,1H3,(H,31,34). The molecule has 1 aliphatic carbocycles. The third-order valence-corrected chi connectivity index (χ3v) is 7.88. The number of carbonyl (C=O) groups excluding carboxylic acids is 1. The van der Waals surface area contributed by atoms with E-state index in [1.165, 1.54) is 16.7 Å². The quantitative estimate of drug-likeness (QED) is 0.243. The first-order valence-electron chi connectivity index (χ1n) is 12.6. The number of carbonyl (C=O) groups is 1. The minimum Gasteiger partial charge on any atom is -0.349 e.